The van der Waals surface area contributed by atoms with Crippen molar-refractivity contribution >= 4 is 29.3 Å². The van der Waals surface area contributed by atoms with Gasteiger partial charge in [-0.1, -0.05) is 61.2 Å². The first-order valence-corrected chi connectivity index (χ1v) is 15.3. The molecule has 9 heteroatoms. The lowest BCUT2D eigenvalue weighted by Gasteiger charge is -2.29. The van der Waals surface area contributed by atoms with Crippen LogP contribution < -0.4 is 20.1 Å². The predicted molar refractivity (Wildman–Crippen MR) is 168 cm³/mol. The smallest absolute Gasteiger partial charge is 0.255 e. The van der Waals surface area contributed by atoms with Crippen LogP contribution in [0.1, 0.15) is 55.5 Å². The van der Waals surface area contributed by atoms with E-state index in [1.807, 2.05) is 75.4 Å². The monoisotopic (exact) mass is 583 g/mol. The van der Waals surface area contributed by atoms with Gasteiger partial charge in [0.1, 0.15) is 12.6 Å². The number of aromatic nitrogens is 3. The quantitative estimate of drug-likeness (QED) is 0.179. The third kappa shape index (κ3) is 6.46. The Bertz CT molecular complexity index is 1610. The van der Waals surface area contributed by atoms with Crippen LogP contribution in [0.15, 0.2) is 83.2 Å². The Kier molecular flexibility index (Phi) is 9.17. The Morgan fingerprint density at radius 1 is 1.00 bits per heavy atom. The molecule has 1 atom stereocenters. The maximum Gasteiger partial charge on any atom is 0.255 e. The van der Waals surface area contributed by atoms with Crippen molar-refractivity contribution in [2.45, 2.75) is 58.8 Å². The van der Waals surface area contributed by atoms with Gasteiger partial charge in [-0.3, -0.25) is 4.79 Å². The molecule has 42 heavy (non-hydrogen) atoms. The van der Waals surface area contributed by atoms with E-state index in [0.717, 1.165) is 40.2 Å². The van der Waals surface area contributed by atoms with Gasteiger partial charge in [-0.2, -0.15) is 4.98 Å². The third-order valence-electron chi connectivity index (χ3n) is 7.02. The van der Waals surface area contributed by atoms with Crippen LogP contribution in [0, 0.1) is 13.8 Å². The molecule has 1 aromatic heterocycles. The number of ether oxygens (including phenoxy) is 2. The molecule has 5 rings (SSSR count). The van der Waals surface area contributed by atoms with E-state index in [1.165, 1.54) is 5.56 Å². The van der Waals surface area contributed by atoms with Crippen molar-refractivity contribution in [1.82, 2.24) is 14.8 Å². The molecule has 1 aliphatic rings. The van der Waals surface area contributed by atoms with Crippen LogP contribution in [0.4, 0.5) is 11.6 Å². The first-order valence-electron chi connectivity index (χ1n) is 14.3. The minimum absolute atomic E-state index is 0.211. The molecular formula is C33H37N5O3S. The van der Waals surface area contributed by atoms with Gasteiger partial charge in [-0.25, -0.2) is 4.68 Å². The van der Waals surface area contributed by atoms with Gasteiger partial charge in [0, 0.05) is 17.1 Å². The SMILES string of the molecule is CCCSc1nc2n(n1)C(c1ccc(OCc3ccccc3C)c(OCC)c1)C(C(=O)Nc1cccc(C)c1)=C(C)N2. The van der Waals surface area contributed by atoms with Crippen LogP contribution in [0.5, 0.6) is 11.5 Å². The number of thioether (sulfide) groups is 1. The zero-order chi connectivity index (χ0) is 29.6. The number of hydrogen-bond donors (Lipinski definition) is 2. The number of benzene rings is 3. The molecule has 4 aromatic rings. The van der Waals surface area contributed by atoms with Gasteiger partial charge >= 0.3 is 0 Å². The Hall–Kier alpha value is -4.24. The number of nitrogens with zero attached hydrogens (tertiary/aromatic N) is 3. The number of aryl methyl sites for hydroxylation is 2. The van der Waals surface area contributed by atoms with E-state index >= 15 is 0 Å². The van der Waals surface area contributed by atoms with Crippen molar-refractivity contribution in [2.24, 2.45) is 0 Å². The average Bonchev–Trinajstić information content (AvgIpc) is 3.37. The molecule has 218 valence electrons. The summed E-state index contributed by atoms with van der Waals surface area (Å²) < 4.78 is 14.1. The van der Waals surface area contributed by atoms with Crippen LogP contribution >= 0.6 is 11.8 Å². The van der Waals surface area contributed by atoms with Gasteiger partial charge in [0.25, 0.3) is 5.91 Å². The topological polar surface area (TPSA) is 90.3 Å². The molecule has 1 aliphatic heterocycles. The fraction of sp³-hybridized carbons (Fsp3) is 0.303. The first-order chi connectivity index (χ1) is 20.4. The number of allylic oxidation sites excluding steroid dienone is 1. The van der Waals surface area contributed by atoms with E-state index in [0.29, 0.717) is 41.4 Å². The summed E-state index contributed by atoms with van der Waals surface area (Å²) in [5, 5.41) is 11.9. The highest BCUT2D eigenvalue weighted by atomic mass is 32.2. The zero-order valence-electron chi connectivity index (χ0n) is 24.7. The average molecular weight is 584 g/mol. The Balaban J connectivity index is 1.53. The molecule has 3 aromatic carbocycles. The summed E-state index contributed by atoms with van der Waals surface area (Å²) in [6.45, 7) is 10.9. The molecule has 0 saturated heterocycles. The highest BCUT2D eigenvalue weighted by Crippen LogP contribution is 2.40. The standard InChI is InChI=1S/C33H37N5O3S/c1-6-17-42-33-36-32-34-23(5)29(31(39)35-26-14-10-11-21(3)18-26)30(38(32)37-33)24-15-16-27(28(19-24)40-7-2)41-20-25-13-9-8-12-22(25)4/h8-16,18-19,30H,6-7,17,20H2,1-5H3,(H,35,39)(H,34,36,37). The molecule has 0 saturated carbocycles. The number of anilines is 2. The highest BCUT2D eigenvalue weighted by Gasteiger charge is 2.35. The Morgan fingerprint density at radius 2 is 1.83 bits per heavy atom. The minimum Gasteiger partial charge on any atom is -0.490 e. The molecule has 0 fully saturated rings. The summed E-state index contributed by atoms with van der Waals surface area (Å²) >= 11 is 1.60. The molecular weight excluding hydrogens is 546 g/mol. The minimum atomic E-state index is -0.529. The van der Waals surface area contributed by atoms with Crippen molar-refractivity contribution in [3.05, 3.63) is 100 Å². The van der Waals surface area contributed by atoms with Crippen molar-refractivity contribution < 1.29 is 14.3 Å². The molecule has 0 radical (unpaired) electrons. The highest BCUT2D eigenvalue weighted by molar-refractivity contribution is 7.99. The molecule has 0 aliphatic carbocycles. The van der Waals surface area contributed by atoms with E-state index in [-0.39, 0.29) is 5.91 Å². The normalized spacial score (nSPS) is 14.3. The summed E-state index contributed by atoms with van der Waals surface area (Å²) in [7, 11) is 0. The largest absolute Gasteiger partial charge is 0.490 e. The van der Waals surface area contributed by atoms with Gasteiger partial charge in [0.2, 0.25) is 11.1 Å². The van der Waals surface area contributed by atoms with Gasteiger partial charge < -0.3 is 20.1 Å². The Morgan fingerprint density at radius 3 is 2.60 bits per heavy atom. The summed E-state index contributed by atoms with van der Waals surface area (Å²) in [6.07, 6.45) is 1.01. The van der Waals surface area contributed by atoms with E-state index in [4.69, 9.17) is 19.6 Å². The number of carbonyl (C=O) groups excluding carboxylic acids is 1. The molecule has 0 spiro atoms. The number of nitrogens with one attached hydrogen (secondary N) is 2. The number of amides is 1. The van der Waals surface area contributed by atoms with E-state index in [2.05, 4.69) is 36.6 Å². The van der Waals surface area contributed by atoms with Gasteiger partial charge in [0.05, 0.1) is 12.2 Å². The number of carbonyl (C=O) groups is 1. The van der Waals surface area contributed by atoms with Crippen molar-refractivity contribution in [3.63, 3.8) is 0 Å². The maximum atomic E-state index is 13.9. The third-order valence-corrected chi connectivity index (χ3v) is 8.06. The summed E-state index contributed by atoms with van der Waals surface area (Å²) in [6, 6.07) is 21.2. The molecule has 2 N–H and O–H groups in total. The van der Waals surface area contributed by atoms with Crippen LogP contribution in [-0.4, -0.2) is 33.0 Å². The maximum absolute atomic E-state index is 13.9. The van der Waals surface area contributed by atoms with Crippen LogP contribution in [0.2, 0.25) is 0 Å². The second kappa shape index (κ2) is 13.2. The summed E-state index contributed by atoms with van der Waals surface area (Å²) in [5.41, 5.74) is 6.19. The number of fused-ring (bicyclic) bond motifs is 1. The van der Waals surface area contributed by atoms with Crippen molar-refractivity contribution in [1.29, 1.82) is 0 Å². The fourth-order valence-electron chi connectivity index (χ4n) is 4.92. The van der Waals surface area contributed by atoms with Gasteiger partial charge in [-0.05, 0) is 80.6 Å². The lowest BCUT2D eigenvalue weighted by molar-refractivity contribution is -0.113. The zero-order valence-corrected chi connectivity index (χ0v) is 25.5. The lowest BCUT2D eigenvalue weighted by atomic mass is 9.94. The van der Waals surface area contributed by atoms with E-state index < -0.39 is 6.04 Å². The van der Waals surface area contributed by atoms with Crippen molar-refractivity contribution in [3.8, 4) is 11.5 Å². The van der Waals surface area contributed by atoms with Crippen LogP contribution in [0.3, 0.4) is 0 Å². The summed E-state index contributed by atoms with van der Waals surface area (Å²) in [4.78, 5) is 18.6. The Labute approximate surface area is 251 Å². The van der Waals surface area contributed by atoms with Gasteiger partial charge in [0.15, 0.2) is 11.5 Å². The van der Waals surface area contributed by atoms with Gasteiger partial charge in [-0.15, -0.1) is 5.10 Å². The predicted octanol–water partition coefficient (Wildman–Crippen LogP) is 7.30. The number of rotatable bonds is 11. The number of hydrogen-bond acceptors (Lipinski definition) is 7. The molecule has 0 bridgehead atoms. The second-order valence-corrected chi connectivity index (χ2v) is 11.3. The molecule has 2 heterocycles. The summed E-state index contributed by atoms with van der Waals surface area (Å²) in [5.74, 6) is 2.55. The molecule has 1 amide bonds. The fourth-order valence-corrected chi connectivity index (χ4v) is 5.60. The van der Waals surface area contributed by atoms with E-state index in [1.54, 1.807) is 16.4 Å². The molecule has 8 nitrogen and oxygen atoms in total. The van der Waals surface area contributed by atoms with Crippen LogP contribution in [-0.2, 0) is 11.4 Å². The molecule has 1 unspecified atom stereocenters. The van der Waals surface area contributed by atoms with E-state index in [9.17, 15) is 4.79 Å². The first kappa shape index (κ1) is 29.3. The lowest BCUT2D eigenvalue weighted by Crippen LogP contribution is -2.31. The second-order valence-electron chi connectivity index (χ2n) is 10.3. The van der Waals surface area contributed by atoms with Crippen LogP contribution in [0.25, 0.3) is 0 Å². The van der Waals surface area contributed by atoms with Crippen molar-refractivity contribution in [2.75, 3.05) is 23.0 Å².